The van der Waals surface area contributed by atoms with E-state index in [0.29, 0.717) is 11.8 Å². The zero-order valence-corrected chi connectivity index (χ0v) is 8.27. The van der Waals surface area contributed by atoms with Gasteiger partial charge >= 0.3 is 5.97 Å². The summed E-state index contributed by atoms with van der Waals surface area (Å²) in [4.78, 5) is 11.0. The van der Waals surface area contributed by atoms with Crippen molar-refractivity contribution in [1.82, 2.24) is 0 Å². The molecule has 0 unspecified atom stereocenters. The highest BCUT2D eigenvalue weighted by Crippen LogP contribution is 2.30. The summed E-state index contributed by atoms with van der Waals surface area (Å²) in [6.45, 7) is 0. The van der Waals surface area contributed by atoms with Gasteiger partial charge in [-0.15, -0.1) is 11.6 Å². The monoisotopic (exact) mass is 210 g/mol. The molecule has 2 nitrogen and oxygen atoms in total. The molecule has 0 heterocycles. The van der Waals surface area contributed by atoms with E-state index in [1.165, 1.54) is 0 Å². The molecule has 0 spiro atoms. The summed E-state index contributed by atoms with van der Waals surface area (Å²) < 4.78 is 4.16. The molecular weight excluding hydrogens is 199 g/mol. The zero-order chi connectivity index (χ0) is 8.97. The second kappa shape index (κ2) is 4.93. The van der Waals surface area contributed by atoms with Crippen molar-refractivity contribution in [2.24, 2.45) is 11.8 Å². The van der Waals surface area contributed by atoms with Crippen LogP contribution in [0.3, 0.4) is 0 Å². The van der Waals surface area contributed by atoms with E-state index in [9.17, 15) is 4.79 Å². The Hall–Kier alpha value is 0.0500. The maximum absolute atomic E-state index is 11.0. The van der Waals surface area contributed by atoms with Crippen molar-refractivity contribution in [3.8, 4) is 0 Å². The van der Waals surface area contributed by atoms with Gasteiger partial charge in [0.05, 0.1) is 5.92 Å². The van der Waals surface area contributed by atoms with Gasteiger partial charge in [0, 0.05) is 5.88 Å². The molecule has 0 N–H and O–H groups in total. The lowest BCUT2D eigenvalue weighted by Gasteiger charge is -2.24. The maximum atomic E-state index is 11.0. The van der Waals surface area contributed by atoms with Crippen LogP contribution in [0.5, 0.6) is 0 Å². The first-order chi connectivity index (χ1) is 5.77. The van der Waals surface area contributed by atoms with Crippen molar-refractivity contribution in [2.75, 3.05) is 5.88 Å². The van der Waals surface area contributed by atoms with Crippen LogP contribution in [0.4, 0.5) is 0 Å². The normalized spacial score (nSPS) is 29.8. The summed E-state index contributed by atoms with van der Waals surface area (Å²) in [7, 11) is 0. The molecule has 70 valence electrons. The molecule has 1 fully saturated rings. The van der Waals surface area contributed by atoms with Crippen LogP contribution in [0.25, 0.3) is 0 Å². The highest BCUT2D eigenvalue weighted by Gasteiger charge is 2.26. The Kier molecular flexibility index (Phi) is 4.16. The van der Waals surface area contributed by atoms with Crippen LogP contribution in [-0.4, -0.2) is 11.8 Å². The molecule has 0 atom stereocenters. The minimum absolute atomic E-state index is 0.00182. The predicted octanol–water partition coefficient (Wildman–Crippen LogP) is 2.73. The number of hydrogen-bond acceptors (Lipinski definition) is 2. The molecular formula is C8H12Cl2O2. The van der Waals surface area contributed by atoms with Crippen LogP contribution in [0.15, 0.2) is 0 Å². The van der Waals surface area contributed by atoms with Gasteiger partial charge in [0.1, 0.15) is 11.9 Å². The van der Waals surface area contributed by atoms with Crippen LogP contribution >= 0.6 is 23.5 Å². The molecule has 0 saturated heterocycles. The third kappa shape index (κ3) is 2.53. The highest BCUT2D eigenvalue weighted by molar-refractivity contribution is 6.18. The van der Waals surface area contributed by atoms with E-state index in [2.05, 4.69) is 4.29 Å². The quantitative estimate of drug-likeness (QED) is 0.656. The fourth-order valence-corrected chi connectivity index (χ4v) is 2.05. The largest absolute Gasteiger partial charge is 0.347 e. The summed E-state index contributed by atoms with van der Waals surface area (Å²) in [6.07, 6.45) is 3.76. The number of carbonyl (C=O) groups is 1. The van der Waals surface area contributed by atoms with Crippen LogP contribution in [0.2, 0.25) is 0 Å². The molecule has 0 aromatic carbocycles. The van der Waals surface area contributed by atoms with Gasteiger partial charge in [0.25, 0.3) is 0 Å². The number of rotatable bonds is 2. The average Bonchev–Trinajstić information content (AvgIpc) is 2.17. The number of hydrogen-bond donors (Lipinski definition) is 0. The molecule has 0 amide bonds. The molecule has 4 heteroatoms. The first-order valence-corrected chi connectivity index (χ1v) is 5.00. The smallest absolute Gasteiger partial charge is 0.327 e. The first-order valence-electron chi connectivity index (χ1n) is 4.16. The topological polar surface area (TPSA) is 26.3 Å². The van der Waals surface area contributed by atoms with E-state index < -0.39 is 0 Å². The summed E-state index contributed by atoms with van der Waals surface area (Å²) >= 11 is 10.7. The second-order valence-corrected chi connectivity index (χ2v) is 3.73. The fraction of sp³-hybridized carbons (Fsp3) is 0.875. The minimum atomic E-state index is -0.287. The van der Waals surface area contributed by atoms with E-state index in [1.54, 1.807) is 0 Å². The highest BCUT2D eigenvalue weighted by atomic mass is 35.5. The van der Waals surface area contributed by atoms with Crippen molar-refractivity contribution >= 4 is 29.4 Å². The summed E-state index contributed by atoms with van der Waals surface area (Å²) in [5.41, 5.74) is 0. The third-order valence-electron chi connectivity index (χ3n) is 2.47. The van der Waals surface area contributed by atoms with E-state index in [0.717, 1.165) is 25.7 Å². The summed E-state index contributed by atoms with van der Waals surface area (Å²) in [6, 6.07) is 0. The molecule has 12 heavy (non-hydrogen) atoms. The molecule has 1 aliphatic carbocycles. The standard InChI is InChI=1S/C8H12Cl2O2/c9-5-6-1-3-7(4-2-6)8(11)12-10/h6-7H,1-5H2. The van der Waals surface area contributed by atoms with Gasteiger partial charge in [0.2, 0.25) is 0 Å². The lowest BCUT2D eigenvalue weighted by Crippen LogP contribution is -2.22. The molecule has 0 aromatic rings. The zero-order valence-electron chi connectivity index (χ0n) is 6.76. The molecule has 1 rings (SSSR count). The Morgan fingerprint density at radius 2 is 1.92 bits per heavy atom. The molecule has 0 aliphatic heterocycles. The molecule has 0 radical (unpaired) electrons. The number of halogens is 2. The van der Waals surface area contributed by atoms with Crippen molar-refractivity contribution in [3.63, 3.8) is 0 Å². The molecule has 1 aliphatic rings. The minimum Gasteiger partial charge on any atom is -0.347 e. The van der Waals surface area contributed by atoms with E-state index in [1.807, 2.05) is 0 Å². The van der Waals surface area contributed by atoms with Crippen LogP contribution < -0.4 is 0 Å². The van der Waals surface area contributed by atoms with E-state index >= 15 is 0 Å². The lowest BCUT2D eigenvalue weighted by atomic mass is 9.83. The molecule has 0 aromatic heterocycles. The Labute approximate surface area is 82.3 Å². The van der Waals surface area contributed by atoms with Crippen molar-refractivity contribution < 1.29 is 9.08 Å². The number of alkyl halides is 1. The van der Waals surface area contributed by atoms with Gasteiger partial charge < -0.3 is 4.29 Å². The fourth-order valence-electron chi connectivity index (χ4n) is 1.62. The first kappa shape index (κ1) is 10.1. The van der Waals surface area contributed by atoms with Crippen molar-refractivity contribution in [2.45, 2.75) is 25.7 Å². The maximum Gasteiger partial charge on any atom is 0.327 e. The van der Waals surface area contributed by atoms with Crippen molar-refractivity contribution in [3.05, 3.63) is 0 Å². The Balaban J connectivity index is 2.30. The van der Waals surface area contributed by atoms with Gasteiger partial charge in [0.15, 0.2) is 0 Å². The van der Waals surface area contributed by atoms with Crippen molar-refractivity contribution in [1.29, 1.82) is 0 Å². The van der Waals surface area contributed by atoms with Gasteiger partial charge in [-0.05, 0) is 31.6 Å². The average molecular weight is 211 g/mol. The van der Waals surface area contributed by atoms with E-state index in [-0.39, 0.29) is 11.9 Å². The van der Waals surface area contributed by atoms with Gasteiger partial charge in [-0.1, -0.05) is 0 Å². The number of carbonyl (C=O) groups excluding carboxylic acids is 1. The van der Waals surface area contributed by atoms with Crippen LogP contribution in [0, 0.1) is 11.8 Å². The Morgan fingerprint density at radius 1 is 1.33 bits per heavy atom. The van der Waals surface area contributed by atoms with E-state index in [4.69, 9.17) is 23.5 Å². The third-order valence-corrected chi connectivity index (χ3v) is 3.06. The molecule has 0 bridgehead atoms. The second-order valence-electron chi connectivity index (χ2n) is 3.27. The summed E-state index contributed by atoms with van der Waals surface area (Å²) in [5, 5.41) is 0. The predicted molar refractivity (Wildman–Crippen MR) is 48.1 cm³/mol. The van der Waals surface area contributed by atoms with Crippen LogP contribution in [-0.2, 0) is 9.08 Å². The summed E-state index contributed by atoms with van der Waals surface area (Å²) in [5.74, 6) is 0.987. The Bertz CT molecular complexity index is 153. The Morgan fingerprint density at radius 3 is 2.33 bits per heavy atom. The molecule has 1 saturated carbocycles. The van der Waals surface area contributed by atoms with Gasteiger partial charge in [-0.3, -0.25) is 4.79 Å². The lowest BCUT2D eigenvalue weighted by molar-refractivity contribution is -0.139. The SMILES string of the molecule is O=C(OCl)C1CCC(CCl)CC1. The van der Waals surface area contributed by atoms with Gasteiger partial charge in [-0.25, -0.2) is 0 Å². The van der Waals surface area contributed by atoms with Gasteiger partial charge in [-0.2, -0.15) is 0 Å². The van der Waals surface area contributed by atoms with Crippen LogP contribution in [0.1, 0.15) is 25.7 Å².